The van der Waals surface area contributed by atoms with Gasteiger partial charge in [0.1, 0.15) is 42.7 Å². The summed E-state index contributed by atoms with van der Waals surface area (Å²) in [5, 5.41) is 96.3. The van der Waals surface area contributed by atoms with Gasteiger partial charge in [0.25, 0.3) is 0 Å². The molecule has 2 saturated heterocycles. The number of fused-ring (bicyclic) bond motifs is 5. The van der Waals surface area contributed by atoms with E-state index in [0.29, 0.717) is 25.2 Å². The second kappa shape index (κ2) is 15.6. The predicted octanol–water partition coefficient (Wildman–Crippen LogP) is 0.977. The molecule has 3 saturated carbocycles. The van der Waals surface area contributed by atoms with Crippen molar-refractivity contribution in [1.29, 1.82) is 0 Å². The van der Waals surface area contributed by atoms with Crippen molar-refractivity contribution in [2.24, 2.45) is 46.3 Å². The normalized spacial score (nSPS) is 52.0. The third-order valence-electron chi connectivity index (χ3n) is 14.7. The molecule has 0 radical (unpaired) electrons. The van der Waals surface area contributed by atoms with Crippen molar-refractivity contribution in [3.63, 3.8) is 0 Å². The van der Waals surface area contributed by atoms with Crippen molar-refractivity contribution >= 4 is 0 Å². The van der Waals surface area contributed by atoms with Crippen molar-refractivity contribution in [3.8, 4) is 0 Å². The number of hydrogen-bond donors (Lipinski definition) is 9. The molecular weight excluding hydrogens is 676 g/mol. The molecule has 21 atom stereocenters. The van der Waals surface area contributed by atoms with E-state index in [1.807, 2.05) is 0 Å². The highest BCUT2D eigenvalue weighted by Gasteiger charge is 2.65. The van der Waals surface area contributed by atoms with Crippen LogP contribution in [0, 0.1) is 46.3 Å². The Labute approximate surface area is 307 Å². The van der Waals surface area contributed by atoms with Crippen LogP contribution < -0.4 is 0 Å². The Kier molecular flexibility index (Phi) is 12.3. The summed E-state index contributed by atoms with van der Waals surface area (Å²) in [7, 11) is 0. The van der Waals surface area contributed by atoms with Crippen LogP contribution >= 0.6 is 0 Å². The van der Waals surface area contributed by atoms with Crippen LogP contribution in [-0.2, 0) is 18.9 Å². The smallest absolute Gasteiger partial charge is 0.187 e. The van der Waals surface area contributed by atoms with E-state index in [9.17, 15) is 46.0 Å². The zero-order chi connectivity index (χ0) is 38.0. The van der Waals surface area contributed by atoms with Gasteiger partial charge in [-0.1, -0.05) is 46.3 Å². The second-order valence-corrected chi connectivity index (χ2v) is 18.1. The lowest BCUT2D eigenvalue weighted by Crippen LogP contribution is -2.62. The molecule has 0 spiro atoms. The summed E-state index contributed by atoms with van der Waals surface area (Å²) in [4.78, 5) is 0. The summed E-state index contributed by atoms with van der Waals surface area (Å²) in [6, 6.07) is 0. The highest BCUT2D eigenvalue weighted by Crippen LogP contribution is 2.68. The zero-order valence-corrected chi connectivity index (χ0v) is 31.6. The Morgan fingerprint density at radius 2 is 1.48 bits per heavy atom. The Morgan fingerprint density at radius 3 is 2.13 bits per heavy atom. The predicted molar refractivity (Wildman–Crippen MR) is 187 cm³/mol. The summed E-state index contributed by atoms with van der Waals surface area (Å²) in [6.45, 7) is 11.9. The largest absolute Gasteiger partial charge is 0.394 e. The van der Waals surface area contributed by atoms with Crippen LogP contribution in [0.1, 0.15) is 92.9 Å². The maximum Gasteiger partial charge on any atom is 0.187 e. The topological polar surface area (TPSA) is 219 Å². The van der Waals surface area contributed by atoms with Crippen molar-refractivity contribution in [2.45, 2.75) is 179 Å². The van der Waals surface area contributed by atoms with Crippen LogP contribution in [0.2, 0.25) is 0 Å². The molecule has 13 heteroatoms. The number of hydrogen-bond acceptors (Lipinski definition) is 13. The molecule has 9 N–H and O–H groups in total. The quantitative estimate of drug-likeness (QED) is 0.143. The van der Waals surface area contributed by atoms with E-state index < -0.39 is 97.8 Å². The first-order chi connectivity index (χ1) is 24.4. The fourth-order valence-corrected chi connectivity index (χ4v) is 11.6. The summed E-state index contributed by atoms with van der Waals surface area (Å²) < 4.78 is 24.9. The number of aliphatic hydroxyl groups excluding tert-OH is 9. The summed E-state index contributed by atoms with van der Waals surface area (Å²) in [5.41, 5.74) is 0.278. The molecule has 6 aliphatic rings. The van der Waals surface area contributed by atoms with Gasteiger partial charge in [0, 0.05) is 11.8 Å². The SMILES string of the molecule is CC(C)CC[C@H](O)[C@@H](C)[C@H]1[C@@H](O[C@@H]2O[C@@H](C)[C@H](O)[C@@H](O)[C@H]2O)C[C@H]2[C@@H]3CC=C4C[C@@H](O)C[C@@H](O[C@@H]5O[C@H](CO)[C@@H](O)[C@H](O)[C@H]5O)[C@]4(C)[C@H]3CC[C@]12C. The molecule has 0 aromatic heterocycles. The average molecular weight is 743 g/mol. The van der Waals surface area contributed by atoms with Crippen LogP contribution in [0.25, 0.3) is 0 Å². The van der Waals surface area contributed by atoms with E-state index in [1.54, 1.807) is 6.92 Å². The van der Waals surface area contributed by atoms with Gasteiger partial charge in [0.2, 0.25) is 0 Å². The zero-order valence-electron chi connectivity index (χ0n) is 31.6. The third-order valence-corrected chi connectivity index (χ3v) is 14.7. The minimum atomic E-state index is -1.58. The van der Waals surface area contributed by atoms with Crippen molar-refractivity contribution < 1.29 is 64.9 Å². The molecule has 0 unspecified atom stereocenters. The Balaban J connectivity index is 1.30. The Bertz CT molecular complexity index is 1250. The fraction of sp³-hybridized carbons (Fsp3) is 0.949. The lowest BCUT2D eigenvalue weighted by atomic mass is 9.46. The number of allylic oxidation sites excluding steroid dienone is 1. The number of ether oxygens (including phenoxy) is 4. The first kappa shape index (κ1) is 40.9. The van der Waals surface area contributed by atoms with E-state index in [1.165, 1.54) is 0 Å². The first-order valence-corrected chi connectivity index (χ1v) is 19.8. The van der Waals surface area contributed by atoms with Crippen LogP contribution in [-0.4, -0.2) is 138 Å². The van der Waals surface area contributed by atoms with Crippen LogP contribution in [0.15, 0.2) is 11.6 Å². The third kappa shape index (κ3) is 7.07. The maximum atomic E-state index is 11.6. The van der Waals surface area contributed by atoms with Gasteiger partial charge >= 0.3 is 0 Å². The number of aliphatic hydroxyl groups is 9. The molecule has 300 valence electrons. The standard InChI is InChI=1S/C39H66O13/c1-17(2)7-10-25(42)18(3)29-26(50-36-34(47)32(45)30(43)19(4)49-36)15-24-22-9-8-20-13-21(41)14-28(39(20,6)23(22)11-12-38(24,29)5)52-37-35(48)33(46)31(44)27(16-40)51-37/h8,17-19,21-37,40-48H,7,9-16H2,1-6H3/t18-,19+,21-,22-,23+,24+,25+,26+,27-,28-,29+,30+,31-,32-,33+,34-,35-,36+,37+,38+,39+/m1/s1. The molecule has 0 aromatic rings. The van der Waals surface area contributed by atoms with Gasteiger partial charge in [-0.15, -0.1) is 0 Å². The van der Waals surface area contributed by atoms with E-state index in [-0.39, 0.29) is 41.4 Å². The Morgan fingerprint density at radius 1 is 0.827 bits per heavy atom. The lowest BCUT2D eigenvalue weighted by molar-refractivity contribution is -0.324. The van der Waals surface area contributed by atoms with Gasteiger partial charge < -0.3 is 64.9 Å². The second-order valence-electron chi connectivity index (χ2n) is 18.1. The van der Waals surface area contributed by atoms with Gasteiger partial charge in [-0.25, -0.2) is 0 Å². The fourth-order valence-electron chi connectivity index (χ4n) is 11.6. The van der Waals surface area contributed by atoms with E-state index in [2.05, 4.69) is 40.7 Å². The average Bonchev–Trinajstić information content (AvgIpc) is 3.40. The molecule has 5 fully saturated rings. The molecule has 2 heterocycles. The van der Waals surface area contributed by atoms with Gasteiger partial charge in [0.15, 0.2) is 12.6 Å². The minimum Gasteiger partial charge on any atom is -0.394 e. The highest BCUT2D eigenvalue weighted by molar-refractivity contribution is 5.28. The monoisotopic (exact) mass is 742 g/mol. The highest BCUT2D eigenvalue weighted by atomic mass is 16.7. The minimum absolute atomic E-state index is 0.0942. The van der Waals surface area contributed by atoms with Crippen molar-refractivity contribution in [3.05, 3.63) is 11.6 Å². The molecule has 0 bridgehead atoms. The van der Waals surface area contributed by atoms with E-state index in [0.717, 1.165) is 31.3 Å². The van der Waals surface area contributed by atoms with E-state index in [4.69, 9.17) is 18.9 Å². The number of rotatable bonds is 10. The van der Waals surface area contributed by atoms with Gasteiger partial charge in [-0.3, -0.25) is 0 Å². The van der Waals surface area contributed by atoms with Crippen LogP contribution in [0.4, 0.5) is 0 Å². The molecule has 13 nitrogen and oxygen atoms in total. The maximum absolute atomic E-state index is 11.6. The molecular formula is C39H66O13. The lowest BCUT2D eigenvalue weighted by Gasteiger charge is -2.60. The van der Waals surface area contributed by atoms with Gasteiger partial charge in [-0.2, -0.15) is 0 Å². The molecule has 52 heavy (non-hydrogen) atoms. The van der Waals surface area contributed by atoms with Crippen LogP contribution in [0.5, 0.6) is 0 Å². The Hall–Kier alpha value is -0.780. The van der Waals surface area contributed by atoms with Crippen LogP contribution in [0.3, 0.4) is 0 Å². The first-order valence-electron chi connectivity index (χ1n) is 19.8. The molecule has 6 rings (SSSR count). The van der Waals surface area contributed by atoms with Crippen molar-refractivity contribution in [1.82, 2.24) is 0 Å². The summed E-state index contributed by atoms with van der Waals surface area (Å²) >= 11 is 0. The van der Waals surface area contributed by atoms with E-state index >= 15 is 0 Å². The van der Waals surface area contributed by atoms with Gasteiger partial charge in [0.05, 0.1) is 37.1 Å². The van der Waals surface area contributed by atoms with Crippen molar-refractivity contribution in [2.75, 3.05) is 6.61 Å². The summed E-state index contributed by atoms with van der Waals surface area (Å²) in [6.07, 6.45) is -7.70. The van der Waals surface area contributed by atoms with Gasteiger partial charge in [-0.05, 0) is 92.8 Å². The summed E-state index contributed by atoms with van der Waals surface area (Å²) in [5.74, 6) is 0.631. The molecule has 4 aliphatic carbocycles. The molecule has 2 aliphatic heterocycles. The molecule has 0 amide bonds. The molecule has 0 aromatic carbocycles.